The number of hydrogen-bond donors (Lipinski definition) is 0. The van der Waals surface area contributed by atoms with E-state index in [0.717, 1.165) is 5.57 Å². The summed E-state index contributed by atoms with van der Waals surface area (Å²) >= 11 is 0. The Morgan fingerprint density at radius 3 is 2.27 bits per heavy atom. The van der Waals surface area contributed by atoms with Gasteiger partial charge in [0.15, 0.2) is 6.17 Å². The molecule has 57 valence electrons. The molecule has 1 rings (SSSR count). The average molecular weight is 224 g/mol. The number of hydrogen-bond acceptors (Lipinski definition) is 0. The zero-order valence-corrected chi connectivity index (χ0v) is 10.1. The van der Waals surface area contributed by atoms with Gasteiger partial charge in [0.25, 0.3) is 0 Å². The Balaban J connectivity index is 0. The zero-order valence-electron chi connectivity index (χ0n) is 6.40. The molecule has 0 atom stereocenters. The van der Waals surface area contributed by atoms with Gasteiger partial charge in [-0.3, -0.25) is 0 Å². The summed E-state index contributed by atoms with van der Waals surface area (Å²) in [4.78, 5) is 0. The van der Waals surface area contributed by atoms with Gasteiger partial charge >= 0.3 is 0 Å². The van der Waals surface area contributed by atoms with E-state index < -0.39 is 0 Å². The Morgan fingerprint density at radius 1 is 1.36 bits per heavy atom. The Labute approximate surface area is 85.4 Å². The standard InChI is InChI=1S/C8H8F.ClH.Zn/c1-6-3-4-8(9)7(2)5-6;;/h3-5H,1H2,2H3;1H;/p-1. The summed E-state index contributed by atoms with van der Waals surface area (Å²) in [5.41, 5.74) is 1.51. The maximum absolute atomic E-state index is 12.5. The van der Waals surface area contributed by atoms with Crippen LogP contribution in [-0.4, -0.2) is 0 Å². The molecular formula is C8H8ClFZn-. The second-order valence-electron chi connectivity index (χ2n) is 2.08. The summed E-state index contributed by atoms with van der Waals surface area (Å²) < 4.78 is 12.5. The number of allylic oxidation sites excluding steroid dienone is 5. The predicted molar refractivity (Wildman–Crippen MR) is 36.4 cm³/mol. The van der Waals surface area contributed by atoms with E-state index in [1.165, 1.54) is 6.08 Å². The van der Waals surface area contributed by atoms with Crippen molar-refractivity contribution >= 4 is 0 Å². The van der Waals surface area contributed by atoms with Gasteiger partial charge in [0.05, 0.1) is 0 Å². The molecule has 0 spiro atoms. The molecule has 0 fully saturated rings. The van der Waals surface area contributed by atoms with Crippen molar-refractivity contribution in [2.45, 2.75) is 6.92 Å². The predicted octanol–water partition coefficient (Wildman–Crippen LogP) is -0.438. The van der Waals surface area contributed by atoms with E-state index in [1.54, 1.807) is 19.1 Å². The first-order chi connectivity index (χ1) is 4.20. The Bertz CT molecular complexity index is 196. The number of rotatable bonds is 0. The molecule has 0 bridgehead atoms. The molecule has 1 aliphatic carbocycles. The third-order valence-electron chi connectivity index (χ3n) is 1.22. The van der Waals surface area contributed by atoms with Crippen molar-refractivity contribution in [1.29, 1.82) is 0 Å². The molecule has 1 aliphatic rings. The van der Waals surface area contributed by atoms with Crippen LogP contribution in [0.5, 0.6) is 0 Å². The van der Waals surface area contributed by atoms with E-state index in [4.69, 9.17) is 0 Å². The topological polar surface area (TPSA) is 0 Å². The first-order valence-electron chi connectivity index (χ1n) is 2.78. The minimum absolute atomic E-state index is 0. The van der Waals surface area contributed by atoms with Crippen LogP contribution in [0.1, 0.15) is 6.92 Å². The first-order valence-corrected chi connectivity index (χ1v) is 2.78. The van der Waals surface area contributed by atoms with Crippen LogP contribution in [-0.2, 0) is 19.5 Å². The number of halogens is 2. The van der Waals surface area contributed by atoms with E-state index in [1.807, 2.05) is 0 Å². The second kappa shape index (κ2) is 5.68. The Hall–Kier alpha value is 0.0634. The monoisotopic (exact) mass is 222 g/mol. The van der Waals surface area contributed by atoms with Gasteiger partial charge < -0.3 is 12.4 Å². The van der Waals surface area contributed by atoms with E-state index in [9.17, 15) is 4.39 Å². The fraction of sp³-hybridized carbons (Fsp3) is 0.125. The third-order valence-corrected chi connectivity index (χ3v) is 1.22. The molecule has 3 heteroatoms. The molecule has 0 amide bonds. The normalized spacial score (nSPS) is 16.5. The summed E-state index contributed by atoms with van der Waals surface area (Å²) in [6, 6.07) is 0. The molecule has 11 heavy (non-hydrogen) atoms. The van der Waals surface area contributed by atoms with Crippen molar-refractivity contribution in [2.24, 2.45) is 0 Å². The summed E-state index contributed by atoms with van der Waals surface area (Å²) in [5, 5.41) is 0. The summed E-state index contributed by atoms with van der Waals surface area (Å²) in [6.07, 6.45) is 4.64. The quantitative estimate of drug-likeness (QED) is 0.489. The van der Waals surface area contributed by atoms with Crippen LogP contribution in [0, 0.1) is 6.17 Å². The van der Waals surface area contributed by atoms with E-state index >= 15 is 0 Å². The second-order valence-corrected chi connectivity index (χ2v) is 2.08. The first kappa shape index (κ1) is 13.6. The van der Waals surface area contributed by atoms with Gasteiger partial charge in [-0.25, -0.2) is 4.39 Å². The molecule has 0 aromatic heterocycles. The van der Waals surface area contributed by atoms with Gasteiger partial charge in [-0.05, 0) is 24.1 Å². The van der Waals surface area contributed by atoms with Crippen molar-refractivity contribution in [3.8, 4) is 0 Å². The molecular weight excluding hydrogens is 216 g/mol. The minimum atomic E-state index is -0.164. The largest absolute Gasteiger partial charge is 1.00 e. The van der Waals surface area contributed by atoms with Gasteiger partial charge in [-0.2, -0.15) is 0 Å². The maximum atomic E-state index is 12.5. The Morgan fingerprint density at radius 2 is 1.91 bits per heavy atom. The van der Waals surface area contributed by atoms with Crippen molar-refractivity contribution in [3.63, 3.8) is 0 Å². The molecule has 0 saturated carbocycles. The van der Waals surface area contributed by atoms with Crippen LogP contribution < -0.4 is 12.4 Å². The van der Waals surface area contributed by atoms with Crippen molar-refractivity contribution in [1.82, 2.24) is 0 Å². The van der Waals surface area contributed by atoms with Gasteiger partial charge in [0, 0.05) is 19.5 Å². The van der Waals surface area contributed by atoms with Gasteiger partial charge in [-0.1, -0.05) is 18.7 Å². The molecule has 0 aromatic carbocycles. The van der Waals surface area contributed by atoms with Crippen LogP contribution in [0.2, 0.25) is 0 Å². The zero-order chi connectivity index (χ0) is 6.85. The van der Waals surface area contributed by atoms with Crippen LogP contribution in [0.15, 0.2) is 36.0 Å². The molecule has 0 aromatic rings. The summed E-state index contributed by atoms with van der Waals surface area (Å²) in [7, 11) is 0. The summed E-state index contributed by atoms with van der Waals surface area (Å²) in [6.45, 7) is 5.38. The fourth-order valence-electron chi connectivity index (χ4n) is 0.707. The van der Waals surface area contributed by atoms with Crippen LogP contribution in [0.4, 0.5) is 4.39 Å². The van der Waals surface area contributed by atoms with Gasteiger partial charge in [0.1, 0.15) is 0 Å². The fourth-order valence-corrected chi connectivity index (χ4v) is 0.707. The SMILES string of the molecule is C=C1C=C[C](F)C(C)=C1.[Cl-].[Zn]. The molecule has 0 nitrogen and oxygen atoms in total. The smallest absolute Gasteiger partial charge is 0.191 e. The van der Waals surface area contributed by atoms with Crippen molar-refractivity contribution in [3.05, 3.63) is 42.1 Å². The molecule has 0 saturated heterocycles. The molecule has 0 unspecified atom stereocenters. The average Bonchev–Trinajstić information content (AvgIpc) is 1.80. The van der Waals surface area contributed by atoms with Crippen molar-refractivity contribution < 1.29 is 36.3 Å². The van der Waals surface area contributed by atoms with Gasteiger partial charge in [0.2, 0.25) is 0 Å². The van der Waals surface area contributed by atoms with Crippen LogP contribution in [0.3, 0.4) is 0 Å². The molecule has 0 N–H and O–H groups in total. The van der Waals surface area contributed by atoms with Crippen LogP contribution >= 0.6 is 0 Å². The van der Waals surface area contributed by atoms with E-state index in [0.29, 0.717) is 5.57 Å². The van der Waals surface area contributed by atoms with E-state index in [-0.39, 0.29) is 38.1 Å². The minimum Gasteiger partial charge on any atom is -1.00 e. The molecule has 0 aliphatic heterocycles. The van der Waals surface area contributed by atoms with Gasteiger partial charge in [-0.15, -0.1) is 0 Å². The third kappa shape index (κ3) is 3.83. The molecule has 0 heterocycles. The van der Waals surface area contributed by atoms with Crippen LogP contribution in [0.25, 0.3) is 0 Å². The maximum Gasteiger partial charge on any atom is 0.191 e. The Kier molecular flexibility index (Phi) is 7.04. The van der Waals surface area contributed by atoms with E-state index in [2.05, 4.69) is 6.58 Å². The molecule has 1 radical (unpaired) electrons. The summed E-state index contributed by atoms with van der Waals surface area (Å²) in [5.74, 6) is 0. The van der Waals surface area contributed by atoms with Crippen molar-refractivity contribution in [2.75, 3.05) is 0 Å².